The number of carbonyl (C=O) groups excluding carboxylic acids is 1. The van der Waals surface area contributed by atoms with E-state index in [-0.39, 0.29) is 18.0 Å². The van der Waals surface area contributed by atoms with Crippen LogP contribution in [0.25, 0.3) is 0 Å². The predicted molar refractivity (Wildman–Crippen MR) is 76.3 cm³/mol. The third-order valence-electron chi connectivity index (χ3n) is 2.45. The molecular formula is C14H9Br2FO. The normalized spacial score (nSPS) is 10.4. The first-order valence-electron chi connectivity index (χ1n) is 5.28. The van der Waals surface area contributed by atoms with Crippen LogP contribution in [-0.2, 0) is 6.42 Å². The molecular weight excluding hydrogens is 363 g/mol. The number of benzene rings is 2. The fourth-order valence-corrected chi connectivity index (χ4v) is 2.41. The van der Waals surface area contributed by atoms with Crippen molar-refractivity contribution in [1.29, 1.82) is 0 Å². The summed E-state index contributed by atoms with van der Waals surface area (Å²) < 4.78 is 14.7. The Kier molecular flexibility index (Phi) is 4.30. The number of Topliss-reactive ketones (excluding diaryl/α,β-unsaturated/α-hetero) is 1. The molecule has 0 spiro atoms. The molecule has 2 aromatic carbocycles. The summed E-state index contributed by atoms with van der Waals surface area (Å²) in [6.07, 6.45) is 0.192. The maximum Gasteiger partial charge on any atom is 0.167 e. The fraction of sp³-hybridized carbons (Fsp3) is 0.0714. The molecule has 0 atom stereocenters. The smallest absolute Gasteiger partial charge is 0.167 e. The summed E-state index contributed by atoms with van der Waals surface area (Å²) in [5.74, 6) is -0.372. The number of hydrogen-bond acceptors (Lipinski definition) is 1. The van der Waals surface area contributed by atoms with Gasteiger partial charge in [-0.15, -0.1) is 0 Å². The molecule has 0 heterocycles. The molecule has 0 aliphatic heterocycles. The van der Waals surface area contributed by atoms with Gasteiger partial charge in [-0.3, -0.25) is 4.79 Å². The topological polar surface area (TPSA) is 17.1 Å². The molecule has 92 valence electrons. The zero-order chi connectivity index (χ0) is 13.1. The zero-order valence-corrected chi connectivity index (χ0v) is 12.5. The summed E-state index contributed by atoms with van der Waals surface area (Å²) in [5.41, 5.74) is 1.29. The van der Waals surface area contributed by atoms with Gasteiger partial charge in [-0.05, 0) is 35.9 Å². The molecule has 0 N–H and O–H groups in total. The van der Waals surface area contributed by atoms with Crippen LogP contribution < -0.4 is 0 Å². The van der Waals surface area contributed by atoms with Crippen molar-refractivity contribution in [3.63, 3.8) is 0 Å². The van der Waals surface area contributed by atoms with Gasteiger partial charge in [-0.25, -0.2) is 4.39 Å². The van der Waals surface area contributed by atoms with Crippen molar-refractivity contribution in [2.75, 3.05) is 0 Å². The summed E-state index contributed by atoms with van der Waals surface area (Å²) >= 11 is 6.52. The van der Waals surface area contributed by atoms with Crippen molar-refractivity contribution in [2.24, 2.45) is 0 Å². The second-order valence-electron chi connectivity index (χ2n) is 3.88. The minimum Gasteiger partial charge on any atom is -0.294 e. The maximum absolute atomic E-state index is 13.2. The average molecular weight is 372 g/mol. The standard InChI is InChI=1S/C14H9Br2FO/c15-11-3-1-10(2-4-11)14(18)7-9-5-12(16)8-13(17)6-9/h1-6,8H,7H2. The highest BCUT2D eigenvalue weighted by atomic mass is 79.9. The highest BCUT2D eigenvalue weighted by Gasteiger charge is 2.08. The van der Waals surface area contributed by atoms with E-state index >= 15 is 0 Å². The van der Waals surface area contributed by atoms with Gasteiger partial charge >= 0.3 is 0 Å². The molecule has 0 radical (unpaired) electrons. The van der Waals surface area contributed by atoms with Gasteiger partial charge in [-0.1, -0.05) is 44.0 Å². The van der Waals surface area contributed by atoms with Crippen LogP contribution in [0, 0.1) is 5.82 Å². The van der Waals surface area contributed by atoms with Gasteiger partial charge in [-0.2, -0.15) is 0 Å². The van der Waals surface area contributed by atoms with E-state index < -0.39 is 0 Å². The van der Waals surface area contributed by atoms with Crippen molar-refractivity contribution in [3.8, 4) is 0 Å². The Balaban J connectivity index is 2.18. The molecule has 0 bridgehead atoms. The van der Waals surface area contributed by atoms with Crippen molar-refractivity contribution in [1.82, 2.24) is 0 Å². The Labute approximate surface area is 121 Å². The monoisotopic (exact) mass is 370 g/mol. The second kappa shape index (κ2) is 5.76. The highest BCUT2D eigenvalue weighted by Crippen LogP contribution is 2.17. The molecule has 0 fully saturated rings. The van der Waals surface area contributed by atoms with Crippen LogP contribution in [0.4, 0.5) is 4.39 Å². The SMILES string of the molecule is O=C(Cc1cc(F)cc(Br)c1)c1ccc(Br)cc1. The van der Waals surface area contributed by atoms with Gasteiger partial charge in [0.2, 0.25) is 0 Å². The van der Waals surface area contributed by atoms with Crippen LogP contribution in [0.15, 0.2) is 51.4 Å². The summed E-state index contributed by atoms with van der Waals surface area (Å²) in [5, 5.41) is 0. The quantitative estimate of drug-likeness (QED) is 0.710. The average Bonchev–Trinajstić information content (AvgIpc) is 2.28. The number of halogens is 3. The van der Waals surface area contributed by atoms with Crippen molar-refractivity contribution >= 4 is 37.6 Å². The summed E-state index contributed by atoms with van der Waals surface area (Å²) in [7, 11) is 0. The van der Waals surface area contributed by atoms with Gasteiger partial charge in [0.25, 0.3) is 0 Å². The Hall–Kier alpha value is -1.00. The molecule has 2 aromatic rings. The lowest BCUT2D eigenvalue weighted by Crippen LogP contribution is -2.03. The van der Waals surface area contributed by atoms with E-state index in [1.807, 2.05) is 12.1 Å². The molecule has 0 unspecified atom stereocenters. The van der Waals surface area contributed by atoms with E-state index in [1.54, 1.807) is 18.2 Å². The van der Waals surface area contributed by atoms with Crippen LogP contribution in [0.5, 0.6) is 0 Å². The van der Waals surface area contributed by atoms with Crippen molar-refractivity contribution < 1.29 is 9.18 Å². The molecule has 0 saturated heterocycles. The van der Waals surface area contributed by atoms with E-state index in [9.17, 15) is 9.18 Å². The van der Waals surface area contributed by atoms with Crippen LogP contribution in [0.3, 0.4) is 0 Å². The third kappa shape index (κ3) is 3.50. The lowest BCUT2D eigenvalue weighted by atomic mass is 10.0. The third-order valence-corrected chi connectivity index (χ3v) is 3.44. The first kappa shape index (κ1) is 13.4. The van der Waals surface area contributed by atoms with Crippen LogP contribution in [-0.4, -0.2) is 5.78 Å². The molecule has 0 aromatic heterocycles. The van der Waals surface area contributed by atoms with Gasteiger partial charge in [0, 0.05) is 20.9 Å². The zero-order valence-electron chi connectivity index (χ0n) is 9.29. The lowest BCUT2D eigenvalue weighted by molar-refractivity contribution is 0.0993. The van der Waals surface area contributed by atoms with Crippen LogP contribution >= 0.6 is 31.9 Å². The highest BCUT2D eigenvalue weighted by molar-refractivity contribution is 9.10. The molecule has 1 nitrogen and oxygen atoms in total. The van der Waals surface area contributed by atoms with E-state index in [0.717, 1.165) is 4.47 Å². The summed E-state index contributed by atoms with van der Waals surface area (Å²) in [6, 6.07) is 11.6. The van der Waals surface area contributed by atoms with Crippen molar-refractivity contribution in [3.05, 3.63) is 68.4 Å². The molecule has 4 heteroatoms. The van der Waals surface area contributed by atoms with Gasteiger partial charge in [0.1, 0.15) is 5.82 Å². The Morgan fingerprint density at radius 3 is 2.28 bits per heavy atom. The molecule has 0 saturated carbocycles. The Morgan fingerprint density at radius 1 is 1.00 bits per heavy atom. The van der Waals surface area contributed by atoms with Gasteiger partial charge in [0.15, 0.2) is 5.78 Å². The number of hydrogen-bond donors (Lipinski definition) is 0. The number of carbonyl (C=O) groups is 1. The lowest BCUT2D eigenvalue weighted by Gasteiger charge is -2.03. The fourth-order valence-electron chi connectivity index (χ4n) is 1.64. The first-order valence-corrected chi connectivity index (χ1v) is 6.87. The van der Waals surface area contributed by atoms with Crippen LogP contribution in [0.2, 0.25) is 0 Å². The van der Waals surface area contributed by atoms with Gasteiger partial charge < -0.3 is 0 Å². The molecule has 2 rings (SSSR count). The van der Waals surface area contributed by atoms with E-state index in [2.05, 4.69) is 31.9 Å². The molecule has 0 aliphatic carbocycles. The summed E-state index contributed by atoms with van der Waals surface area (Å²) in [4.78, 5) is 12.0. The Bertz CT molecular complexity index is 559. The summed E-state index contributed by atoms with van der Waals surface area (Å²) in [6.45, 7) is 0. The molecule has 18 heavy (non-hydrogen) atoms. The molecule has 0 amide bonds. The molecule has 0 aliphatic rings. The predicted octanol–water partition coefficient (Wildman–Crippen LogP) is 4.78. The van der Waals surface area contributed by atoms with Crippen molar-refractivity contribution in [2.45, 2.75) is 6.42 Å². The number of ketones is 1. The van der Waals surface area contributed by atoms with Crippen LogP contribution in [0.1, 0.15) is 15.9 Å². The maximum atomic E-state index is 13.2. The minimum atomic E-state index is -0.344. The Morgan fingerprint density at radius 2 is 1.67 bits per heavy atom. The first-order chi connectivity index (χ1) is 8.54. The second-order valence-corrected chi connectivity index (χ2v) is 5.72. The van der Waals surface area contributed by atoms with E-state index in [4.69, 9.17) is 0 Å². The van der Waals surface area contributed by atoms with E-state index in [1.165, 1.54) is 12.1 Å². The number of rotatable bonds is 3. The van der Waals surface area contributed by atoms with E-state index in [0.29, 0.717) is 15.6 Å². The van der Waals surface area contributed by atoms with Gasteiger partial charge in [0.05, 0.1) is 0 Å². The minimum absolute atomic E-state index is 0.0278. The largest absolute Gasteiger partial charge is 0.294 e.